The molecule has 0 atom stereocenters. The average Bonchev–Trinajstić information content (AvgIpc) is 3.88. The van der Waals surface area contributed by atoms with E-state index in [9.17, 15) is 0 Å². The summed E-state index contributed by atoms with van der Waals surface area (Å²) in [7, 11) is 0. The molecule has 0 radical (unpaired) electrons. The minimum absolute atomic E-state index is 0.562. The SMILES string of the molecule is c1ccc(-c2ccccc2-c2c(-c3ccccc3)cccc2N(c2ccc3c(c2)C(c2ccccc2)(c2ccccc2)c2ccccc2-3)c2ccc3c(c2)oc2ccccc23)cc1. The van der Waals surface area contributed by atoms with Crippen LogP contribution in [0.5, 0.6) is 0 Å². The molecule has 0 unspecified atom stereocenters. The number of rotatable bonds is 8. The van der Waals surface area contributed by atoms with E-state index in [2.05, 4.69) is 248 Å². The van der Waals surface area contributed by atoms with Gasteiger partial charge in [-0.25, -0.2) is 0 Å². The summed E-state index contributed by atoms with van der Waals surface area (Å²) in [4.78, 5) is 2.46. The van der Waals surface area contributed by atoms with Gasteiger partial charge in [0.1, 0.15) is 11.2 Å². The molecular formula is C61H41NO. The van der Waals surface area contributed by atoms with E-state index in [0.717, 1.165) is 61.3 Å². The summed E-state index contributed by atoms with van der Waals surface area (Å²) in [5, 5.41) is 2.21. The van der Waals surface area contributed by atoms with Gasteiger partial charge in [0.15, 0.2) is 0 Å². The van der Waals surface area contributed by atoms with Crippen LogP contribution >= 0.6 is 0 Å². The quantitative estimate of drug-likeness (QED) is 0.152. The van der Waals surface area contributed by atoms with Gasteiger partial charge in [-0.3, -0.25) is 0 Å². The van der Waals surface area contributed by atoms with E-state index in [1.165, 1.54) is 44.5 Å². The predicted octanol–water partition coefficient (Wildman–Crippen LogP) is 16.4. The first-order chi connectivity index (χ1) is 31.3. The maximum atomic E-state index is 6.64. The van der Waals surface area contributed by atoms with Gasteiger partial charge in [-0.15, -0.1) is 0 Å². The van der Waals surface area contributed by atoms with E-state index in [1.807, 2.05) is 6.07 Å². The normalized spacial score (nSPS) is 12.6. The molecule has 63 heavy (non-hydrogen) atoms. The molecule has 296 valence electrons. The van der Waals surface area contributed by atoms with E-state index in [0.29, 0.717) is 0 Å². The zero-order valence-corrected chi connectivity index (χ0v) is 34.5. The van der Waals surface area contributed by atoms with Gasteiger partial charge in [0.05, 0.1) is 11.1 Å². The van der Waals surface area contributed by atoms with Crippen molar-refractivity contribution in [3.63, 3.8) is 0 Å². The Morgan fingerprint density at radius 2 is 0.825 bits per heavy atom. The lowest BCUT2D eigenvalue weighted by atomic mass is 9.67. The molecule has 1 aromatic heterocycles. The number of hydrogen-bond donors (Lipinski definition) is 0. The number of hydrogen-bond acceptors (Lipinski definition) is 2. The van der Waals surface area contributed by atoms with Crippen LogP contribution in [0, 0.1) is 0 Å². The Bertz CT molecular complexity index is 3400. The van der Waals surface area contributed by atoms with Crippen molar-refractivity contribution in [2.24, 2.45) is 0 Å². The number of nitrogens with zero attached hydrogens (tertiary/aromatic N) is 1. The third kappa shape index (κ3) is 5.87. The van der Waals surface area contributed by atoms with E-state index < -0.39 is 5.41 Å². The molecule has 2 nitrogen and oxygen atoms in total. The molecule has 1 aliphatic rings. The molecular weight excluding hydrogens is 763 g/mol. The van der Waals surface area contributed by atoms with Crippen LogP contribution in [0.4, 0.5) is 17.1 Å². The maximum Gasteiger partial charge on any atom is 0.137 e. The van der Waals surface area contributed by atoms with E-state index in [1.54, 1.807) is 0 Å². The van der Waals surface area contributed by atoms with Gasteiger partial charge in [0, 0.05) is 33.8 Å². The number of fused-ring (bicyclic) bond motifs is 6. The molecule has 1 heterocycles. The molecule has 12 rings (SSSR count). The first-order valence-corrected chi connectivity index (χ1v) is 21.7. The van der Waals surface area contributed by atoms with Crippen molar-refractivity contribution >= 4 is 39.0 Å². The fraction of sp³-hybridized carbons (Fsp3) is 0.0164. The Labute approximate surface area is 367 Å². The van der Waals surface area contributed by atoms with Crippen LogP contribution < -0.4 is 4.90 Å². The summed E-state index contributed by atoms with van der Waals surface area (Å²) in [6, 6.07) is 90.4. The first kappa shape index (κ1) is 36.6. The zero-order valence-electron chi connectivity index (χ0n) is 34.5. The molecule has 0 bridgehead atoms. The highest BCUT2D eigenvalue weighted by Gasteiger charge is 2.46. The lowest BCUT2D eigenvalue weighted by Crippen LogP contribution is -2.28. The number of para-hydroxylation sites is 1. The van der Waals surface area contributed by atoms with Crippen LogP contribution in [-0.2, 0) is 5.41 Å². The number of furan rings is 1. The summed E-state index contributed by atoms with van der Waals surface area (Å²) in [5.74, 6) is 0. The third-order valence-electron chi connectivity index (χ3n) is 13.0. The summed E-state index contributed by atoms with van der Waals surface area (Å²) >= 11 is 0. The van der Waals surface area contributed by atoms with Crippen molar-refractivity contribution < 1.29 is 4.42 Å². The Kier molecular flexibility index (Phi) is 8.76. The minimum atomic E-state index is -0.562. The molecule has 0 amide bonds. The second-order valence-corrected chi connectivity index (χ2v) is 16.3. The fourth-order valence-corrected chi connectivity index (χ4v) is 10.3. The van der Waals surface area contributed by atoms with Crippen molar-refractivity contribution in [2.45, 2.75) is 5.41 Å². The highest BCUT2D eigenvalue weighted by atomic mass is 16.3. The maximum absolute atomic E-state index is 6.64. The molecule has 10 aromatic carbocycles. The van der Waals surface area contributed by atoms with Crippen LogP contribution in [-0.4, -0.2) is 0 Å². The van der Waals surface area contributed by atoms with Gasteiger partial charge < -0.3 is 9.32 Å². The molecule has 11 aromatic rings. The molecule has 0 spiro atoms. The zero-order chi connectivity index (χ0) is 41.7. The monoisotopic (exact) mass is 803 g/mol. The van der Waals surface area contributed by atoms with Crippen molar-refractivity contribution in [1.29, 1.82) is 0 Å². The highest BCUT2D eigenvalue weighted by Crippen LogP contribution is 2.58. The van der Waals surface area contributed by atoms with Gasteiger partial charge in [-0.05, 0) is 97.6 Å². The van der Waals surface area contributed by atoms with Gasteiger partial charge in [-0.2, -0.15) is 0 Å². The fourth-order valence-electron chi connectivity index (χ4n) is 10.3. The topological polar surface area (TPSA) is 16.4 Å². The molecule has 2 heteroatoms. The Hall–Kier alpha value is -8.20. The van der Waals surface area contributed by atoms with Crippen molar-refractivity contribution in [3.05, 3.63) is 271 Å². The van der Waals surface area contributed by atoms with E-state index in [4.69, 9.17) is 4.42 Å². The predicted molar refractivity (Wildman–Crippen MR) is 262 cm³/mol. The van der Waals surface area contributed by atoms with Crippen LogP contribution in [0.2, 0.25) is 0 Å². The standard InChI is InChI=1S/C61H41NO/c1-5-20-42(21-6-1)48-28-13-14-31-54(48)60-49(43-22-7-2-8-23-43)32-19-34-57(60)62(47-37-39-53-52-30-16-18-35-58(52)63-59(53)41-47)46-36-38-51-50-29-15-17-33-55(50)61(56(51)40-46,44-24-9-3-10-25-44)45-26-11-4-12-27-45/h1-41H. The first-order valence-electron chi connectivity index (χ1n) is 21.7. The second kappa shape index (κ2) is 15.1. The highest BCUT2D eigenvalue weighted by molar-refractivity contribution is 6.07. The van der Waals surface area contributed by atoms with Crippen molar-refractivity contribution in [2.75, 3.05) is 4.90 Å². The lowest BCUT2D eigenvalue weighted by Gasteiger charge is -2.35. The van der Waals surface area contributed by atoms with Gasteiger partial charge in [0.25, 0.3) is 0 Å². The van der Waals surface area contributed by atoms with Crippen LogP contribution in [0.15, 0.2) is 253 Å². The summed E-state index contributed by atoms with van der Waals surface area (Å²) in [6.45, 7) is 0. The smallest absolute Gasteiger partial charge is 0.137 e. The Morgan fingerprint density at radius 1 is 0.317 bits per heavy atom. The minimum Gasteiger partial charge on any atom is -0.456 e. The molecule has 0 fully saturated rings. The van der Waals surface area contributed by atoms with Crippen LogP contribution in [0.3, 0.4) is 0 Å². The second-order valence-electron chi connectivity index (χ2n) is 16.3. The molecule has 0 saturated heterocycles. The van der Waals surface area contributed by atoms with Gasteiger partial charge in [-0.1, -0.05) is 206 Å². The van der Waals surface area contributed by atoms with E-state index >= 15 is 0 Å². The van der Waals surface area contributed by atoms with Gasteiger partial charge >= 0.3 is 0 Å². The number of benzene rings is 10. The number of anilines is 3. The molecule has 0 saturated carbocycles. The van der Waals surface area contributed by atoms with Crippen molar-refractivity contribution in [3.8, 4) is 44.5 Å². The molecule has 0 N–H and O–H groups in total. The third-order valence-corrected chi connectivity index (χ3v) is 13.0. The summed E-state index contributed by atoms with van der Waals surface area (Å²) in [5.41, 5.74) is 18.7. The van der Waals surface area contributed by atoms with Crippen molar-refractivity contribution in [1.82, 2.24) is 0 Å². The molecule has 0 aliphatic heterocycles. The van der Waals surface area contributed by atoms with Crippen LogP contribution in [0.1, 0.15) is 22.3 Å². The Morgan fingerprint density at radius 3 is 1.54 bits per heavy atom. The molecule has 1 aliphatic carbocycles. The lowest BCUT2D eigenvalue weighted by molar-refractivity contribution is 0.669. The van der Waals surface area contributed by atoms with Gasteiger partial charge in [0.2, 0.25) is 0 Å². The largest absolute Gasteiger partial charge is 0.456 e. The van der Waals surface area contributed by atoms with Crippen LogP contribution in [0.25, 0.3) is 66.4 Å². The summed E-state index contributed by atoms with van der Waals surface area (Å²) in [6.07, 6.45) is 0. The average molecular weight is 804 g/mol. The van der Waals surface area contributed by atoms with E-state index in [-0.39, 0.29) is 0 Å². The summed E-state index contributed by atoms with van der Waals surface area (Å²) < 4.78 is 6.64. The Balaban J connectivity index is 1.19.